The zero-order chi connectivity index (χ0) is 20.2. The normalized spacial score (nSPS) is 16.1. The lowest BCUT2D eigenvalue weighted by molar-refractivity contribution is 0.0473. The maximum Gasteiger partial charge on any atom is 0.338 e. The molecule has 0 radical (unpaired) electrons. The van der Waals surface area contributed by atoms with E-state index in [1.54, 1.807) is 30.3 Å². The molecule has 6 heteroatoms. The highest BCUT2D eigenvalue weighted by Crippen LogP contribution is 2.20. The van der Waals surface area contributed by atoms with E-state index >= 15 is 0 Å². The Hall–Kier alpha value is -3.12. The highest BCUT2D eigenvalue weighted by Gasteiger charge is 2.16. The molecule has 3 aromatic rings. The number of aryl methyl sites for hydroxylation is 1. The first-order valence-electron chi connectivity index (χ1n) is 9.63. The molecule has 0 unspecified atom stereocenters. The summed E-state index contributed by atoms with van der Waals surface area (Å²) in [7, 11) is 0. The van der Waals surface area contributed by atoms with Crippen molar-refractivity contribution in [3.05, 3.63) is 75.6 Å². The van der Waals surface area contributed by atoms with Crippen LogP contribution in [0, 0.1) is 6.92 Å². The first kappa shape index (κ1) is 19.2. The monoisotopic (exact) mass is 394 g/mol. The molecular formula is C23H22O6. The van der Waals surface area contributed by atoms with Gasteiger partial charge < -0.3 is 18.6 Å². The van der Waals surface area contributed by atoms with Crippen LogP contribution < -0.4 is 10.4 Å². The summed E-state index contributed by atoms with van der Waals surface area (Å²) >= 11 is 0. The third-order valence-electron chi connectivity index (χ3n) is 4.89. The first-order valence-corrected chi connectivity index (χ1v) is 9.63. The quantitative estimate of drug-likeness (QED) is 0.464. The Morgan fingerprint density at radius 3 is 2.72 bits per heavy atom. The number of ether oxygens (including phenoxy) is 3. The van der Waals surface area contributed by atoms with E-state index in [1.165, 1.54) is 6.07 Å². The van der Waals surface area contributed by atoms with Crippen molar-refractivity contribution in [3.8, 4) is 5.75 Å². The van der Waals surface area contributed by atoms with E-state index in [-0.39, 0.29) is 12.7 Å². The van der Waals surface area contributed by atoms with E-state index in [0.717, 1.165) is 30.4 Å². The molecule has 1 fully saturated rings. The van der Waals surface area contributed by atoms with Gasteiger partial charge in [-0.3, -0.25) is 0 Å². The van der Waals surface area contributed by atoms with Gasteiger partial charge in [0.2, 0.25) is 0 Å². The lowest BCUT2D eigenvalue weighted by atomic mass is 10.1. The fourth-order valence-electron chi connectivity index (χ4n) is 3.34. The molecule has 1 saturated heterocycles. The Morgan fingerprint density at radius 1 is 1.14 bits per heavy atom. The molecule has 2 heterocycles. The second kappa shape index (κ2) is 8.49. The van der Waals surface area contributed by atoms with Crippen LogP contribution in [0.2, 0.25) is 0 Å². The lowest BCUT2D eigenvalue weighted by Crippen LogP contribution is -2.16. The standard InChI is InChI=1S/C23H22O6/c1-15-4-9-20-17(12-22(24)29-21(20)11-15)13-28-23(25)16-5-7-18(8-6-16)27-14-19-3-2-10-26-19/h4-9,11-12,19H,2-3,10,13-14H2,1H3/t19-/m1/s1. The Morgan fingerprint density at radius 2 is 1.97 bits per heavy atom. The van der Waals surface area contributed by atoms with Gasteiger partial charge in [0.25, 0.3) is 0 Å². The smallest absolute Gasteiger partial charge is 0.338 e. The average Bonchev–Trinajstić information content (AvgIpc) is 3.24. The summed E-state index contributed by atoms with van der Waals surface area (Å²) in [6.07, 6.45) is 2.22. The van der Waals surface area contributed by atoms with Crippen molar-refractivity contribution < 1.29 is 23.4 Å². The van der Waals surface area contributed by atoms with Gasteiger partial charge in [-0.05, 0) is 55.7 Å². The van der Waals surface area contributed by atoms with Crippen molar-refractivity contribution in [1.29, 1.82) is 0 Å². The minimum Gasteiger partial charge on any atom is -0.491 e. The van der Waals surface area contributed by atoms with Gasteiger partial charge in [0, 0.05) is 23.6 Å². The summed E-state index contributed by atoms with van der Waals surface area (Å²) < 4.78 is 21.9. The minimum atomic E-state index is -0.470. The summed E-state index contributed by atoms with van der Waals surface area (Å²) in [5.41, 5.74) is 2.02. The number of carbonyl (C=O) groups excluding carboxylic acids is 1. The maximum absolute atomic E-state index is 12.4. The molecule has 1 aliphatic heterocycles. The molecule has 29 heavy (non-hydrogen) atoms. The van der Waals surface area contributed by atoms with Gasteiger partial charge in [0.05, 0.1) is 11.7 Å². The van der Waals surface area contributed by atoms with E-state index in [1.807, 2.05) is 19.1 Å². The summed E-state index contributed by atoms with van der Waals surface area (Å²) in [6, 6.07) is 13.7. The van der Waals surface area contributed by atoms with Crippen LogP contribution in [0.3, 0.4) is 0 Å². The van der Waals surface area contributed by atoms with Crippen molar-refractivity contribution in [2.75, 3.05) is 13.2 Å². The van der Waals surface area contributed by atoms with Gasteiger partial charge in [-0.25, -0.2) is 9.59 Å². The molecule has 0 amide bonds. The van der Waals surface area contributed by atoms with Crippen molar-refractivity contribution in [2.24, 2.45) is 0 Å². The first-order chi connectivity index (χ1) is 14.1. The number of fused-ring (bicyclic) bond motifs is 1. The van der Waals surface area contributed by atoms with Crippen LogP contribution in [-0.4, -0.2) is 25.3 Å². The molecule has 150 valence electrons. The minimum absolute atomic E-state index is 0.0126. The molecule has 1 aliphatic rings. The van der Waals surface area contributed by atoms with Crippen LogP contribution in [0.15, 0.2) is 57.7 Å². The molecule has 0 spiro atoms. The highest BCUT2D eigenvalue weighted by atomic mass is 16.5. The van der Waals surface area contributed by atoms with Gasteiger partial charge in [-0.2, -0.15) is 0 Å². The molecule has 2 aromatic carbocycles. The summed E-state index contributed by atoms with van der Waals surface area (Å²) in [6.45, 7) is 3.20. The zero-order valence-corrected chi connectivity index (χ0v) is 16.2. The SMILES string of the molecule is Cc1ccc2c(COC(=O)c3ccc(OC[C@H]4CCCO4)cc3)cc(=O)oc2c1. The number of benzene rings is 2. The Bertz CT molecular complexity index is 1060. The summed E-state index contributed by atoms with van der Waals surface area (Å²) in [5, 5.41) is 0.751. The van der Waals surface area contributed by atoms with Crippen LogP contribution in [0.5, 0.6) is 5.75 Å². The fraction of sp³-hybridized carbons (Fsp3) is 0.304. The van der Waals surface area contributed by atoms with Crippen LogP contribution in [0.4, 0.5) is 0 Å². The maximum atomic E-state index is 12.4. The van der Waals surface area contributed by atoms with Crippen LogP contribution in [0.1, 0.15) is 34.3 Å². The molecule has 1 aromatic heterocycles. The van der Waals surface area contributed by atoms with Crippen LogP contribution in [-0.2, 0) is 16.1 Å². The van der Waals surface area contributed by atoms with Gasteiger partial charge in [-0.15, -0.1) is 0 Å². The molecule has 0 saturated carbocycles. The predicted molar refractivity (Wildman–Crippen MR) is 107 cm³/mol. The molecule has 0 N–H and O–H groups in total. The Kier molecular flexibility index (Phi) is 5.62. The number of hydrogen-bond acceptors (Lipinski definition) is 6. The van der Waals surface area contributed by atoms with E-state index in [2.05, 4.69) is 0 Å². The van der Waals surface area contributed by atoms with Gasteiger partial charge in [-0.1, -0.05) is 12.1 Å². The van der Waals surface area contributed by atoms with E-state index < -0.39 is 11.6 Å². The van der Waals surface area contributed by atoms with Gasteiger partial charge in [0.15, 0.2) is 0 Å². The number of rotatable bonds is 6. The van der Waals surface area contributed by atoms with Gasteiger partial charge in [0.1, 0.15) is 24.5 Å². The Labute approximate surface area is 168 Å². The van der Waals surface area contributed by atoms with E-state index in [9.17, 15) is 9.59 Å². The van der Waals surface area contributed by atoms with E-state index in [4.69, 9.17) is 18.6 Å². The summed E-state index contributed by atoms with van der Waals surface area (Å²) in [4.78, 5) is 24.2. The van der Waals surface area contributed by atoms with E-state index in [0.29, 0.717) is 29.1 Å². The molecule has 0 aliphatic carbocycles. The number of carbonyl (C=O) groups is 1. The summed E-state index contributed by atoms with van der Waals surface area (Å²) in [5.74, 6) is 0.211. The average molecular weight is 394 g/mol. The number of hydrogen-bond donors (Lipinski definition) is 0. The van der Waals surface area contributed by atoms with Crippen LogP contribution >= 0.6 is 0 Å². The number of esters is 1. The second-order valence-electron chi connectivity index (χ2n) is 7.14. The predicted octanol–water partition coefficient (Wildman–Crippen LogP) is 4.02. The Balaban J connectivity index is 1.39. The molecule has 6 nitrogen and oxygen atoms in total. The van der Waals surface area contributed by atoms with Crippen molar-refractivity contribution in [3.63, 3.8) is 0 Å². The topological polar surface area (TPSA) is 75.0 Å². The fourth-order valence-corrected chi connectivity index (χ4v) is 3.34. The molecule has 4 rings (SSSR count). The lowest BCUT2D eigenvalue weighted by Gasteiger charge is -2.12. The molecular weight excluding hydrogens is 372 g/mol. The zero-order valence-electron chi connectivity index (χ0n) is 16.2. The molecule has 1 atom stereocenters. The van der Waals surface area contributed by atoms with Crippen LogP contribution in [0.25, 0.3) is 11.0 Å². The second-order valence-corrected chi connectivity index (χ2v) is 7.14. The van der Waals surface area contributed by atoms with Crippen molar-refractivity contribution >= 4 is 16.9 Å². The molecule has 0 bridgehead atoms. The third kappa shape index (κ3) is 4.66. The third-order valence-corrected chi connectivity index (χ3v) is 4.89. The van der Waals surface area contributed by atoms with Crippen molar-refractivity contribution in [2.45, 2.75) is 32.5 Å². The largest absolute Gasteiger partial charge is 0.491 e. The van der Waals surface area contributed by atoms with Crippen molar-refractivity contribution in [1.82, 2.24) is 0 Å². The van der Waals surface area contributed by atoms with Gasteiger partial charge >= 0.3 is 11.6 Å². The highest BCUT2D eigenvalue weighted by molar-refractivity contribution is 5.89.